The minimum absolute atomic E-state index is 0. The Morgan fingerprint density at radius 1 is 1.45 bits per heavy atom. The average molecular weight is 266 g/mol. The standard InChI is InChI=1S/C4H12NO3PS.BrH/c1-7-9(6,8-2)10-4-3-5;/h3-5H2,1-2H3;1H. The Bertz CT molecular complexity index is 129. The highest BCUT2D eigenvalue weighted by Crippen LogP contribution is 2.58. The monoisotopic (exact) mass is 265 g/mol. The molecule has 0 aliphatic rings. The molecule has 0 heterocycles. The van der Waals surface area contributed by atoms with Crippen LogP contribution in [-0.2, 0) is 13.6 Å². The molecule has 0 saturated heterocycles. The summed E-state index contributed by atoms with van der Waals surface area (Å²) in [4.78, 5) is 0. The number of hydrogen-bond acceptors (Lipinski definition) is 5. The summed E-state index contributed by atoms with van der Waals surface area (Å²) in [5, 5.41) is 0. The molecule has 0 aromatic rings. The normalized spacial score (nSPS) is 10.8. The molecule has 0 aromatic carbocycles. The Balaban J connectivity index is 0. The maximum absolute atomic E-state index is 11.2. The van der Waals surface area contributed by atoms with Gasteiger partial charge in [-0.3, -0.25) is 0 Å². The molecule has 0 atom stereocenters. The van der Waals surface area contributed by atoms with Crippen LogP contribution in [-0.4, -0.2) is 26.5 Å². The van der Waals surface area contributed by atoms with Gasteiger partial charge in [-0.05, 0) is 11.4 Å². The van der Waals surface area contributed by atoms with Gasteiger partial charge in [0.2, 0.25) is 0 Å². The quantitative estimate of drug-likeness (QED) is 0.767. The van der Waals surface area contributed by atoms with E-state index in [0.29, 0.717) is 12.3 Å². The van der Waals surface area contributed by atoms with E-state index in [1.54, 1.807) is 0 Å². The van der Waals surface area contributed by atoms with Gasteiger partial charge in [0, 0.05) is 26.5 Å². The molecule has 11 heavy (non-hydrogen) atoms. The van der Waals surface area contributed by atoms with Crippen molar-refractivity contribution >= 4 is 35.2 Å². The van der Waals surface area contributed by atoms with Crippen molar-refractivity contribution in [3.8, 4) is 0 Å². The third-order valence-corrected chi connectivity index (χ3v) is 4.83. The van der Waals surface area contributed by atoms with Gasteiger partial charge in [-0.25, -0.2) is 4.57 Å². The van der Waals surface area contributed by atoms with Crippen LogP contribution in [0.3, 0.4) is 0 Å². The fraction of sp³-hybridized carbons (Fsp3) is 1.00. The zero-order valence-electron chi connectivity index (χ0n) is 6.48. The van der Waals surface area contributed by atoms with Crippen LogP contribution in [0.25, 0.3) is 0 Å². The minimum Gasteiger partial charge on any atom is -0.330 e. The lowest BCUT2D eigenvalue weighted by Crippen LogP contribution is -2.01. The third-order valence-electron chi connectivity index (χ3n) is 0.814. The van der Waals surface area contributed by atoms with Gasteiger partial charge in [0.15, 0.2) is 0 Å². The van der Waals surface area contributed by atoms with Crippen molar-refractivity contribution in [2.24, 2.45) is 5.73 Å². The summed E-state index contributed by atoms with van der Waals surface area (Å²) < 4.78 is 20.4. The van der Waals surface area contributed by atoms with E-state index < -0.39 is 6.80 Å². The Morgan fingerprint density at radius 3 is 2.18 bits per heavy atom. The zero-order chi connectivity index (χ0) is 8.04. The first-order valence-corrected chi connectivity index (χ1v) is 5.88. The largest absolute Gasteiger partial charge is 0.388 e. The fourth-order valence-electron chi connectivity index (χ4n) is 0.344. The first-order chi connectivity index (χ1) is 4.68. The highest BCUT2D eigenvalue weighted by molar-refractivity contribution is 8.93. The molecule has 0 aromatic heterocycles. The van der Waals surface area contributed by atoms with E-state index in [-0.39, 0.29) is 17.0 Å². The van der Waals surface area contributed by atoms with Crippen molar-refractivity contribution in [3.63, 3.8) is 0 Å². The molecule has 0 aliphatic carbocycles. The number of nitrogens with two attached hydrogens (primary N) is 1. The summed E-state index contributed by atoms with van der Waals surface area (Å²) in [6.45, 7) is -2.39. The number of rotatable bonds is 5. The molecule has 0 spiro atoms. The van der Waals surface area contributed by atoms with Crippen molar-refractivity contribution in [1.82, 2.24) is 0 Å². The van der Waals surface area contributed by atoms with Crippen LogP contribution in [0.1, 0.15) is 0 Å². The van der Waals surface area contributed by atoms with Gasteiger partial charge in [-0.2, -0.15) is 0 Å². The van der Waals surface area contributed by atoms with Crippen LogP contribution < -0.4 is 5.73 Å². The van der Waals surface area contributed by atoms with Crippen molar-refractivity contribution in [3.05, 3.63) is 0 Å². The van der Waals surface area contributed by atoms with E-state index >= 15 is 0 Å². The Kier molecular flexibility index (Phi) is 9.97. The van der Waals surface area contributed by atoms with Gasteiger partial charge in [0.25, 0.3) is 0 Å². The molecule has 70 valence electrons. The molecule has 0 bridgehead atoms. The van der Waals surface area contributed by atoms with E-state index in [4.69, 9.17) is 5.73 Å². The maximum Gasteiger partial charge on any atom is 0.388 e. The summed E-state index contributed by atoms with van der Waals surface area (Å²) in [6.07, 6.45) is 0. The molecule has 7 heteroatoms. The second kappa shape index (κ2) is 7.58. The van der Waals surface area contributed by atoms with Crippen molar-refractivity contribution < 1.29 is 13.6 Å². The molecule has 0 unspecified atom stereocenters. The van der Waals surface area contributed by atoms with Crippen molar-refractivity contribution in [2.45, 2.75) is 0 Å². The van der Waals surface area contributed by atoms with Gasteiger partial charge in [0.1, 0.15) is 0 Å². The van der Waals surface area contributed by atoms with Crippen LogP contribution in [0.4, 0.5) is 0 Å². The van der Waals surface area contributed by atoms with Gasteiger partial charge >= 0.3 is 6.80 Å². The smallest absolute Gasteiger partial charge is 0.330 e. The van der Waals surface area contributed by atoms with Crippen LogP contribution >= 0.6 is 35.2 Å². The lowest BCUT2D eigenvalue weighted by molar-refractivity contribution is 0.295. The summed E-state index contributed by atoms with van der Waals surface area (Å²) >= 11 is 1.11. The zero-order valence-corrected chi connectivity index (χ0v) is 9.90. The Labute approximate surface area is 81.2 Å². The average Bonchev–Trinajstić information content (AvgIpc) is 2.00. The van der Waals surface area contributed by atoms with Gasteiger partial charge in [-0.15, -0.1) is 17.0 Å². The Morgan fingerprint density at radius 2 is 1.91 bits per heavy atom. The number of hydrogen-bond donors (Lipinski definition) is 1. The summed E-state index contributed by atoms with van der Waals surface area (Å²) in [6, 6.07) is 0. The molecular formula is C4H13BrNO3PS. The maximum atomic E-state index is 11.2. The first-order valence-electron chi connectivity index (χ1n) is 2.74. The molecule has 0 fully saturated rings. The second-order valence-corrected chi connectivity index (χ2v) is 5.84. The lowest BCUT2D eigenvalue weighted by atomic mass is 10.8. The second-order valence-electron chi connectivity index (χ2n) is 1.43. The van der Waals surface area contributed by atoms with Gasteiger partial charge < -0.3 is 14.8 Å². The molecule has 0 saturated carbocycles. The van der Waals surface area contributed by atoms with E-state index in [9.17, 15) is 4.57 Å². The molecule has 0 radical (unpaired) electrons. The molecule has 2 N–H and O–H groups in total. The summed E-state index contributed by atoms with van der Waals surface area (Å²) in [5.74, 6) is 0.582. The summed E-state index contributed by atoms with van der Waals surface area (Å²) in [7, 11) is 2.71. The van der Waals surface area contributed by atoms with Gasteiger partial charge in [0.05, 0.1) is 0 Å². The minimum atomic E-state index is -2.86. The number of halogens is 1. The summed E-state index contributed by atoms with van der Waals surface area (Å²) in [5.41, 5.74) is 5.19. The van der Waals surface area contributed by atoms with Crippen LogP contribution in [0, 0.1) is 0 Å². The SMILES string of the molecule is Br.COP(=O)(OC)SCCN. The van der Waals surface area contributed by atoms with Crippen LogP contribution in [0.5, 0.6) is 0 Å². The third kappa shape index (κ3) is 6.13. The predicted octanol–water partition coefficient (Wildman–Crippen LogP) is 1.66. The van der Waals surface area contributed by atoms with Crippen LogP contribution in [0.15, 0.2) is 0 Å². The van der Waals surface area contributed by atoms with E-state index in [2.05, 4.69) is 9.05 Å². The molecule has 4 nitrogen and oxygen atoms in total. The van der Waals surface area contributed by atoms with Gasteiger partial charge in [-0.1, -0.05) is 0 Å². The van der Waals surface area contributed by atoms with E-state index in [1.807, 2.05) is 0 Å². The van der Waals surface area contributed by atoms with Crippen molar-refractivity contribution in [1.29, 1.82) is 0 Å². The predicted molar refractivity (Wildman–Crippen MR) is 53.5 cm³/mol. The van der Waals surface area contributed by atoms with E-state index in [1.165, 1.54) is 14.2 Å². The molecule has 0 rings (SSSR count). The first kappa shape index (κ1) is 14.5. The molecule has 0 aliphatic heterocycles. The highest BCUT2D eigenvalue weighted by atomic mass is 79.9. The Hall–Kier alpha value is 0.940. The topological polar surface area (TPSA) is 61.5 Å². The lowest BCUT2D eigenvalue weighted by Gasteiger charge is -2.10. The highest BCUT2D eigenvalue weighted by Gasteiger charge is 2.20. The fourth-order valence-corrected chi connectivity index (χ4v) is 2.65. The van der Waals surface area contributed by atoms with Crippen molar-refractivity contribution in [2.75, 3.05) is 26.5 Å². The van der Waals surface area contributed by atoms with Crippen LogP contribution in [0.2, 0.25) is 0 Å². The van der Waals surface area contributed by atoms with E-state index in [0.717, 1.165) is 11.4 Å². The molecular weight excluding hydrogens is 253 g/mol. The molecule has 0 amide bonds.